The minimum absolute atomic E-state index is 0. The lowest BCUT2D eigenvalue weighted by atomic mass is 9.87. The topological polar surface area (TPSA) is 89.9 Å². The molecule has 0 bridgehead atoms. The Labute approximate surface area is 198 Å². The fourth-order valence-corrected chi connectivity index (χ4v) is 5.29. The van der Waals surface area contributed by atoms with Gasteiger partial charge in [0.05, 0.1) is 5.75 Å². The van der Waals surface area contributed by atoms with Gasteiger partial charge in [-0.2, -0.15) is 4.31 Å². The van der Waals surface area contributed by atoms with Gasteiger partial charge in [-0.05, 0) is 43.7 Å². The lowest BCUT2D eigenvalue weighted by molar-refractivity contribution is 0.329. The number of rotatable bonds is 6. The highest BCUT2D eigenvalue weighted by molar-refractivity contribution is 14.0. The van der Waals surface area contributed by atoms with Crippen LogP contribution < -0.4 is 15.5 Å². The van der Waals surface area contributed by atoms with Gasteiger partial charge < -0.3 is 15.5 Å². The number of hydrogen-bond donors (Lipinski definition) is 2. The predicted molar refractivity (Wildman–Crippen MR) is 133 cm³/mol. The molecule has 0 amide bonds. The Morgan fingerprint density at radius 3 is 2.47 bits per heavy atom. The Balaban J connectivity index is 0.00000320. The highest BCUT2D eigenvalue weighted by atomic mass is 127. The van der Waals surface area contributed by atoms with E-state index in [1.54, 1.807) is 17.5 Å². The van der Waals surface area contributed by atoms with Crippen molar-refractivity contribution >= 4 is 45.8 Å². The third-order valence-electron chi connectivity index (χ3n) is 5.84. The fraction of sp³-hybridized carbons (Fsp3) is 0.700. The second-order valence-corrected chi connectivity index (χ2v) is 10.1. The molecule has 2 N–H and O–H groups in total. The van der Waals surface area contributed by atoms with Crippen molar-refractivity contribution in [2.45, 2.75) is 38.6 Å². The van der Waals surface area contributed by atoms with E-state index in [1.165, 1.54) is 12.8 Å². The van der Waals surface area contributed by atoms with Gasteiger partial charge in [-0.15, -0.1) is 24.0 Å². The van der Waals surface area contributed by atoms with Crippen molar-refractivity contribution in [1.82, 2.24) is 19.9 Å². The van der Waals surface area contributed by atoms with Gasteiger partial charge >= 0.3 is 0 Å². The molecule has 2 heterocycles. The van der Waals surface area contributed by atoms with Crippen LogP contribution in [0.1, 0.15) is 32.6 Å². The number of aromatic nitrogens is 1. The molecule has 170 valence electrons. The normalized spacial score (nSPS) is 23.5. The van der Waals surface area contributed by atoms with Crippen LogP contribution >= 0.6 is 24.0 Å². The summed E-state index contributed by atoms with van der Waals surface area (Å²) in [6, 6.07) is 6.22. The summed E-state index contributed by atoms with van der Waals surface area (Å²) in [7, 11) is -1.56. The molecule has 1 aromatic heterocycles. The first-order chi connectivity index (χ1) is 14.0. The Morgan fingerprint density at radius 2 is 1.87 bits per heavy atom. The Hall–Kier alpha value is -1.14. The molecule has 1 saturated carbocycles. The summed E-state index contributed by atoms with van der Waals surface area (Å²) < 4.78 is 27.0. The second kappa shape index (κ2) is 12.0. The highest BCUT2D eigenvalue weighted by Gasteiger charge is 2.27. The van der Waals surface area contributed by atoms with Crippen molar-refractivity contribution in [3.05, 3.63) is 24.4 Å². The standard InChI is InChI=1S/C20H34N6O2S.HI/c1-17-6-8-18(9-7-17)24-20(21-2)23-11-16-29(27,28)26-14-12-25(13-15-26)19-5-3-4-10-22-19;/h3-5,10,17-18H,6-9,11-16H2,1-2H3,(H2,21,23,24);1H. The zero-order valence-corrected chi connectivity index (χ0v) is 21.1. The van der Waals surface area contributed by atoms with Crippen molar-refractivity contribution in [3.8, 4) is 0 Å². The third-order valence-corrected chi connectivity index (χ3v) is 7.71. The third kappa shape index (κ3) is 7.23. The van der Waals surface area contributed by atoms with Gasteiger partial charge in [0, 0.05) is 52.0 Å². The number of anilines is 1. The molecule has 0 unspecified atom stereocenters. The van der Waals surface area contributed by atoms with E-state index >= 15 is 0 Å². The zero-order chi connectivity index (χ0) is 20.7. The lowest BCUT2D eigenvalue weighted by Crippen LogP contribution is -2.51. The van der Waals surface area contributed by atoms with Crippen LogP contribution in [0.25, 0.3) is 0 Å². The molecule has 1 aliphatic heterocycles. The summed E-state index contributed by atoms with van der Waals surface area (Å²) in [5.74, 6) is 2.46. The van der Waals surface area contributed by atoms with Crippen molar-refractivity contribution in [1.29, 1.82) is 0 Å². The molecule has 0 spiro atoms. The van der Waals surface area contributed by atoms with Crippen LogP contribution in [0.4, 0.5) is 5.82 Å². The molecule has 1 aromatic rings. The van der Waals surface area contributed by atoms with E-state index in [4.69, 9.17) is 0 Å². The number of piperazine rings is 1. The maximum absolute atomic E-state index is 12.7. The summed E-state index contributed by atoms with van der Waals surface area (Å²) in [4.78, 5) is 10.7. The van der Waals surface area contributed by atoms with E-state index in [9.17, 15) is 8.42 Å². The maximum atomic E-state index is 12.7. The minimum Gasteiger partial charge on any atom is -0.355 e. The van der Waals surface area contributed by atoms with Gasteiger partial charge in [-0.3, -0.25) is 4.99 Å². The average Bonchev–Trinajstić information content (AvgIpc) is 2.75. The van der Waals surface area contributed by atoms with E-state index in [-0.39, 0.29) is 29.7 Å². The average molecular weight is 551 g/mol. The lowest BCUT2D eigenvalue weighted by Gasteiger charge is -2.34. The van der Waals surface area contributed by atoms with Crippen molar-refractivity contribution < 1.29 is 8.42 Å². The molecule has 10 heteroatoms. The van der Waals surface area contributed by atoms with Crippen LogP contribution in [0.5, 0.6) is 0 Å². The van der Waals surface area contributed by atoms with Crippen LogP contribution in [0.3, 0.4) is 0 Å². The van der Waals surface area contributed by atoms with Crippen LogP contribution in [0, 0.1) is 5.92 Å². The van der Waals surface area contributed by atoms with E-state index in [1.807, 2.05) is 18.2 Å². The Kier molecular flexibility index (Phi) is 10.1. The molecule has 2 aliphatic rings. The first kappa shape index (κ1) is 25.1. The fourth-order valence-electron chi connectivity index (χ4n) is 3.96. The number of halogens is 1. The molecule has 2 fully saturated rings. The smallest absolute Gasteiger partial charge is 0.215 e. The molecule has 1 aliphatic carbocycles. The summed E-state index contributed by atoms with van der Waals surface area (Å²) in [5.41, 5.74) is 0. The number of guanidine groups is 1. The van der Waals surface area contributed by atoms with Gasteiger partial charge in [0.1, 0.15) is 5.82 Å². The SMILES string of the molecule is CN=C(NCCS(=O)(=O)N1CCN(c2ccccn2)CC1)NC1CCC(C)CC1.I. The van der Waals surface area contributed by atoms with Crippen molar-refractivity contribution in [3.63, 3.8) is 0 Å². The predicted octanol–water partition coefficient (Wildman–Crippen LogP) is 1.90. The number of nitrogens with one attached hydrogen (secondary N) is 2. The number of nitrogens with zero attached hydrogens (tertiary/aromatic N) is 4. The van der Waals surface area contributed by atoms with Crippen molar-refractivity contribution in [2.24, 2.45) is 10.9 Å². The first-order valence-electron chi connectivity index (χ1n) is 10.6. The van der Waals surface area contributed by atoms with E-state index in [2.05, 4.69) is 32.4 Å². The van der Waals surface area contributed by atoms with Crippen LogP contribution in [0.15, 0.2) is 29.4 Å². The van der Waals surface area contributed by atoms with Gasteiger partial charge in [0.15, 0.2) is 5.96 Å². The summed E-state index contributed by atoms with van der Waals surface area (Å²) in [6.07, 6.45) is 6.50. The quantitative estimate of drug-likeness (QED) is 0.320. The first-order valence-corrected chi connectivity index (χ1v) is 12.2. The molecule has 30 heavy (non-hydrogen) atoms. The number of hydrogen-bond acceptors (Lipinski definition) is 5. The Bertz CT molecular complexity index is 761. The molecule has 0 aromatic carbocycles. The second-order valence-electron chi connectivity index (χ2n) is 7.99. The molecule has 3 rings (SSSR count). The molecule has 8 nitrogen and oxygen atoms in total. The summed E-state index contributed by atoms with van der Waals surface area (Å²) in [5, 5.41) is 6.60. The summed E-state index contributed by atoms with van der Waals surface area (Å²) >= 11 is 0. The Morgan fingerprint density at radius 1 is 1.17 bits per heavy atom. The monoisotopic (exact) mass is 550 g/mol. The maximum Gasteiger partial charge on any atom is 0.215 e. The van der Waals surface area contributed by atoms with E-state index < -0.39 is 10.0 Å². The highest BCUT2D eigenvalue weighted by Crippen LogP contribution is 2.23. The van der Waals surface area contributed by atoms with Crippen LogP contribution in [0.2, 0.25) is 0 Å². The van der Waals surface area contributed by atoms with E-state index in [0.29, 0.717) is 44.7 Å². The van der Waals surface area contributed by atoms with Crippen LogP contribution in [-0.2, 0) is 10.0 Å². The largest absolute Gasteiger partial charge is 0.355 e. The van der Waals surface area contributed by atoms with Gasteiger partial charge in [-0.25, -0.2) is 13.4 Å². The molecular weight excluding hydrogens is 515 g/mol. The molecule has 1 saturated heterocycles. The van der Waals surface area contributed by atoms with Crippen molar-refractivity contribution in [2.75, 3.05) is 50.4 Å². The van der Waals surface area contributed by atoms with Crippen LogP contribution in [-0.4, -0.2) is 75.2 Å². The molecule has 0 radical (unpaired) electrons. The molecular formula is C20H35IN6O2S. The number of sulfonamides is 1. The van der Waals surface area contributed by atoms with Gasteiger partial charge in [-0.1, -0.05) is 13.0 Å². The van der Waals surface area contributed by atoms with E-state index in [0.717, 1.165) is 24.6 Å². The summed E-state index contributed by atoms with van der Waals surface area (Å²) in [6.45, 7) is 4.95. The minimum atomic E-state index is -3.29. The molecule has 0 atom stereocenters. The number of aliphatic imine (C=N–C) groups is 1. The number of pyridine rings is 1. The van der Waals surface area contributed by atoms with Gasteiger partial charge in [0.25, 0.3) is 0 Å². The van der Waals surface area contributed by atoms with Gasteiger partial charge in [0.2, 0.25) is 10.0 Å². The zero-order valence-electron chi connectivity index (χ0n) is 18.0.